The Balaban J connectivity index is 1.98. The Hall–Kier alpha value is -2.58. The Morgan fingerprint density at radius 1 is 0.871 bits per heavy atom. The number of aryl methyl sites for hydroxylation is 1. The number of nitrogens with zero attached hydrogens (tertiary/aromatic N) is 1. The average molecular weight is 456 g/mol. The molecule has 0 saturated carbocycles. The molecule has 0 spiro atoms. The Bertz CT molecular complexity index is 1150. The van der Waals surface area contributed by atoms with Crippen molar-refractivity contribution >= 4 is 21.0 Å². The molecule has 0 heterocycles. The van der Waals surface area contributed by atoms with Crippen LogP contribution in [0.25, 0.3) is 0 Å². The minimum absolute atomic E-state index is 0.0613. The van der Waals surface area contributed by atoms with E-state index in [9.17, 15) is 17.7 Å². The molecule has 3 aromatic carbocycles. The van der Waals surface area contributed by atoms with Crippen molar-refractivity contribution in [1.29, 1.82) is 0 Å². The summed E-state index contributed by atoms with van der Waals surface area (Å²) in [4.78, 5) is 0.438. The summed E-state index contributed by atoms with van der Waals surface area (Å²) in [7, 11) is -6.05. The van der Waals surface area contributed by atoms with E-state index in [2.05, 4.69) is 0 Å². The SMILES string of the molecule is Cc1ccc(S(=O)(=O)N([C@@H](C)C=C[C@@H](O)c2ccccc2)S(=O)c2ccccc2)cc1. The van der Waals surface area contributed by atoms with Crippen LogP contribution in [-0.2, 0) is 21.0 Å². The Labute approximate surface area is 186 Å². The fourth-order valence-corrected chi connectivity index (χ4v) is 6.41. The van der Waals surface area contributed by atoms with Gasteiger partial charge in [0.15, 0.2) is 0 Å². The zero-order chi connectivity index (χ0) is 22.4. The molecule has 162 valence electrons. The first-order chi connectivity index (χ1) is 14.8. The molecule has 0 amide bonds. The molecular formula is C24H25NO4S2. The summed E-state index contributed by atoms with van der Waals surface area (Å²) in [6.07, 6.45) is 2.17. The van der Waals surface area contributed by atoms with Crippen molar-refractivity contribution in [2.75, 3.05) is 0 Å². The highest BCUT2D eigenvalue weighted by molar-refractivity contribution is 8.01. The monoisotopic (exact) mass is 455 g/mol. The van der Waals surface area contributed by atoms with E-state index in [1.807, 2.05) is 25.1 Å². The summed E-state index contributed by atoms with van der Waals surface area (Å²) < 4.78 is 41.2. The first-order valence-corrected chi connectivity index (χ1v) is 12.3. The lowest BCUT2D eigenvalue weighted by atomic mass is 10.1. The number of benzene rings is 3. The van der Waals surface area contributed by atoms with Gasteiger partial charge in [0.1, 0.15) is 11.0 Å². The van der Waals surface area contributed by atoms with Crippen molar-refractivity contribution in [3.8, 4) is 0 Å². The smallest absolute Gasteiger partial charge is 0.255 e. The van der Waals surface area contributed by atoms with Crippen molar-refractivity contribution in [3.63, 3.8) is 0 Å². The Morgan fingerprint density at radius 2 is 1.42 bits per heavy atom. The second-order valence-corrected chi connectivity index (χ2v) is 10.5. The minimum atomic E-state index is -4.08. The van der Waals surface area contributed by atoms with E-state index in [1.165, 1.54) is 18.2 Å². The molecule has 0 fully saturated rings. The van der Waals surface area contributed by atoms with Gasteiger partial charge >= 0.3 is 0 Å². The van der Waals surface area contributed by atoms with Crippen molar-refractivity contribution in [1.82, 2.24) is 3.71 Å². The highest BCUT2D eigenvalue weighted by Gasteiger charge is 2.34. The van der Waals surface area contributed by atoms with Crippen molar-refractivity contribution in [2.24, 2.45) is 0 Å². The number of rotatable bonds is 8. The zero-order valence-corrected chi connectivity index (χ0v) is 19.0. The maximum absolute atomic E-state index is 13.5. The van der Waals surface area contributed by atoms with Gasteiger partial charge in [-0.2, -0.15) is 0 Å². The fourth-order valence-electron chi connectivity index (χ4n) is 3.01. The van der Waals surface area contributed by atoms with Crippen LogP contribution in [0.4, 0.5) is 0 Å². The number of aliphatic hydroxyl groups is 1. The third kappa shape index (κ3) is 5.57. The maximum Gasteiger partial charge on any atom is 0.255 e. The third-order valence-corrected chi connectivity index (χ3v) is 8.71. The standard InChI is InChI=1S/C24H25NO4S2/c1-19-13-16-23(17-14-19)31(28,29)25(30(27)22-11-7-4-8-12-22)20(2)15-18-24(26)21-9-5-3-6-10-21/h3-18,20,24,26H,1-2H3/t20-,24+,30?/m0/s1. The summed E-state index contributed by atoms with van der Waals surface area (Å²) >= 11 is 0. The van der Waals surface area contributed by atoms with Crippen LogP contribution in [0.2, 0.25) is 0 Å². The van der Waals surface area contributed by atoms with Crippen molar-refractivity contribution in [3.05, 3.63) is 108 Å². The third-order valence-electron chi connectivity index (χ3n) is 4.71. The van der Waals surface area contributed by atoms with Gasteiger partial charge in [0.25, 0.3) is 10.0 Å². The lowest BCUT2D eigenvalue weighted by Crippen LogP contribution is -2.39. The van der Waals surface area contributed by atoms with Crippen molar-refractivity contribution < 1.29 is 17.7 Å². The zero-order valence-electron chi connectivity index (χ0n) is 17.3. The van der Waals surface area contributed by atoms with Crippen LogP contribution in [0, 0.1) is 6.92 Å². The molecule has 0 saturated heterocycles. The molecule has 31 heavy (non-hydrogen) atoms. The van der Waals surface area contributed by atoms with E-state index in [1.54, 1.807) is 67.6 Å². The molecular weight excluding hydrogens is 430 g/mol. The molecule has 0 aromatic heterocycles. The van der Waals surface area contributed by atoms with Crippen molar-refractivity contribution in [2.45, 2.75) is 35.8 Å². The van der Waals surface area contributed by atoms with Crippen LogP contribution in [0.5, 0.6) is 0 Å². The van der Waals surface area contributed by atoms with Gasteiger partial charge in [-0.3, -0.25) is 0 Å². The van der Waals surface area contributed by atoms with Gasteiger partial charge in [-0.05, 0) is 43.7 Å². The molecule has 0 aliphatic rings. The van der Waals surface area contributed by atoms with Gasteiger partial charge in [0.2, 0.25) is 0 Å². The van der Waals surface area contributed by atoms with E-state index in [4.69, 9.17) is 0 Å². The molecule has 3 rings (SSSR count). The lowest BCUT2D eigenvalue weighted by molar-refractivity contribution is 0.228. The minimum Gasteiger partial charge on any atom is -0.384 e. The number of hydrogen-bond acceptors (Lipinski definition) is 4. The van der Waals surface area contributed by atoms with Gasteiger partial charge in [-0.15, -0.1) is 3.71 Å². The molecule has 3 atom stereocenters. The van der Waals surface area contributed by atoms with Crippen LogP contribution in [0.1, 0.15) is 24.2 Å². The van der Waals surface area contributed by atoms with Gasteiger partial charge in [0, 0.05) is 0 Å². The normalized spacial score (nSPS) is 15.1. The molecule has 0 radical (unpaired) electrons. The summed E-state index contributed by atoms with van der Waals surface area (Å²) in [6, 6.07) is 23.1. The Morgan fingerprint density at radius 3 is 2.00 bits per heavy atom. The molecule has 0 aliphatic heterocycles. The quantitative estimate of drug-likeness (QED) is 0.511. The van der Waals surface area contributed by atoms with Gasteiger partial charge in [-0.25, -0.2) is 12.6 Å². The summed E-state index contributed by atoms with van der Waals surface area (Å²) in [6.45, 7) is 3.51. The number of sulfonamides is 1. The maximum atomic E-state index is 13.5. The summed E-state index contributed by atoms with van der Waals surface area (Å²) in [5, 5.41) is 10.4. The highest BCUT2D eigenvalue weighted by Crippen LogP contribution is 2.25. The number of hydrogen-bond donors (Lipinski definition) is 1. The molecule has 7 heteroatoms. The largest absolute Gasteiger partial charge is 0.384 e. The van der Waals surface area contributed by atoms with E-state index in [-0.39, 0.29) is 4.90 Å². The van der Waals surface area contributed by atoms with E-state index in [0.717, 1.165) is 9.27 Å². The molecule has 3 aromatic rings. The molecule has 0 aliphatic carbocycles. The molecule has 0 bridgehead atoms. The molecule has 1 N–H and O–H groups in total. The molecule has 5 nitrogen and oxygen atoms in total. The van der Waals surface area contributed by atoms with E-state index < -0.39 is 33.2 Å². The van der Waals surface area contributed by atoms with E-state index in [0.29, 0.717) is 10.5 Å². The summed E-state index contributed by atoms with van der Waals surface area (Å²) in [5.74, 6) is 0. The second kappa shape index (κ2) is 10.2. The molecule has 1 unspecified atom stereocenters. The van der Waals surface area contributed by atoms with Crippen LogP contribution in [-0.4, -0.2) is 27.5 Å². The predicted octanol–water partition coefficient (Wildman–Crippen LogP) is 4.39. The van der Waals surface area contributed by atoms with Crippen LogP contribution >= 0.6 is 0 Å². The van der Waals surface area contributed by atoms with Gasteiger partial charge < -0.3 is 5.11 Å². The Kier molecular flexibility index (Phi) is 7.56. The van der Waals surface area contributed by atoms with Crippen LogP contribution in [0.15, 0.2) is 107 Å². The first-order valence-electron chi connectivity index (χ1n) is 9.80. The summed E-state index contributed by atoms with van der Waals surface area (Å²) in [5.41, 5.74) is 1.61. The fraction of sp³-hybridized carbons (Fsp3) is 0.167. The van der Waals surface area contributed by atoms with Crippen LogP contribution < -0.4 is 0 Å². The first kappa shape index (κ1) is 23.1. The van der Waals surface area contributed by atoms with Gasteiger partial charge in [-0.1, -0.05) is 78.4 Å². The van der Waals surface area contributed by atoms with Crippen LogP contribution in [0.3, 0.4) is 0 Å². The second-order valence-electron chi connectivity index (χ2n) is 7.12. The topological polar surface area (TPSA) is 74.7 Å². The average Bonchev–Trinajstić information content (AvgIpc) is 2.79. The highest BCUT2D eigenvalue weighted by atomic mass is 32.3. The number of aliphatic hydroxyl groups excluding tert-OH is 1. The van der Waals surface area contributed by atoms with Gasteiger partial charge in [0.05, 0.1) is 21.9 Å². The predicted molar refractivity (Wildman–Crippen MR) is 123 cm³/mol. The lowest BCUT2D eigenvalue weighted by Gasteiger charge is -2.25. The van der Waals surface area contributed by atoms with E-state index >= 15 is 0 Å².